The van der Waals surface area contributed by atoms with E-state index in [1.165, 1.54) is 0 Å². The number of piperazine rings is 1. The number of nitrogens with zero attached hydrogens (tertiary/aromatic N) is 5. The minimum atomic E-state index is 0.113. The second-order valence-corrected chi connectivity index (χ2v) is 6.30. The van der Waals surface area contributed by atoms with Crippen LogP contribution in [0.2, 0.25) is 0 Å². The number of carbonyl (C=O) groups is 1. The summed E-state index contributed by atoms with van der Waals surface area (Å²) in [4.78, 5) is 26.5. The lowest BCUT2D eigenvalue weighted by molar-refractivity contribution is -0.129. The Bertz CT molecular complexity index is 552. The van der Waals surface area contributed by atoms with E-state index >= 15 is 0 Å². The summed E-state index contributed by atoms with van der Waals surface area (Å²) in [6, 6.07) is 1.95. The van der Waals surface area contributed by atoms with Crippen LogP contribution in [0.3, 0.4) is 0 Å². The van der Waals surface area contributed by atoms with Gasteiger partial charge in [0.05, 0.1) is 6.54 Å². The van der Waals surface area contributed by atoms with E-state index in [4.69, 9.17) is 0 Å². The van der Waals surface area contributed by atoms with Crippen molar-refractivity contribution in [2.75, 3.05) is 56.2 Å². The number of anilines is 2. The van der Waals surface area contributed by atoms with E-state index in [1.807, 2.05) is 18.0 Å². The summed E-state index contributed by atoms with van der Waals surface area (Å²) < 4.78 is 0. The number of rotatable bonds is 3. The van der Waals surface area contributed by atoms with Gasteiger partial charge < -0.3 is 19.8 Å². The quantitative estimate of drug-likeness (QED) is 0.835. The molecule has 3 heterocycles. The second-order valence-electron chi connectivity index (χ2n) is 6.30. The summed E-state index contributed by atoms with van der Waals surface area (Å²) in [5.41, 5.74) is 0. The first-order chi connectivity index (χ1) is 10.6. The molecule has 120 valence electrons. The molecule has 7 heteroatoms. The van der Waals surface area contributed by atoms with Crippen LogP contribution in [0.15, 0.2) is 12.4 Å². The molecular weight excluding hydrogens is 282 g/mol. The lowest BCUT2D eigenvalue weighted by Gasteiger charge is -2.33. The molecule has 1 aromatic rings. The van der Waals surface area contributed by atoms with Crippen molar-refractivity contribution in [2.24, 2.45) is 11.8 Å². The maximum Gasteiger partial charge on any atom is 0.241 e. The third-order valence-corrected chi connectivity index (χ3v) is 4.75. The molecule has 0 aliphatic carbocycles. The van der Waals surface area contributed by atoms with Crippen molar-refractivity contribution in [3.63, 3.8) is 0 Å². The van der Waals surface area contributed by atoms with E-state index in [9.17, 15) is 9.90 Å². The monoisotopic (exact) mass is 305 g/mol. The van der Waals surface area contributed by atoms with Gasteiger partial charge in [0.25, 0.3) is 0 Å². The van der Waals surface area contributed by atoms with Crippen molar-refractivity contribution in [2.45, 2.75) is 6.92 Å². The first-order valence-corrected chi connectivity index (χ1v) is 7.75. The fourth-order valence-electron chi connectivity index (χ4n) is 3.10. The molecule has 1 amide bonds. The van der Waals surface area contributed by atoms with Gasteiger partial charge in [0, 0.05) is 51.8 Å². The Labute approximate surface area is 130 Å². The highest BCUT2D eigenvalue weighted by molar-refractivity contribution is 5.82. The van der Waals surface area contributed by atoms with Crippen LogP contribution in [0, 0.1) is 11.8 Å². The molecule has 2 aliphatic rings. The summed E-state index contributed by atoms with van der Waals surface area (Å²) >= 11 is 0. The topological polar surface area (TPSA) is 72.8 Å². The largest absolute Gasteiger partial charge is 0.396 e. The van der Waals surface area contributed by atoms with Gasteiger partial charge in [-0.3, -0.25) is 4.79 Å². The zero-order valence-electron chi connectivity index (χ0n) is 13.1. The first kappa shape index (κ1) is 15.0. The predicted octanol–water partition coefficient (Wildman–Crippen LogP) is -0.180. The van der Waals surface area contributed by atoms with Crippen LogP contribution in [0.1, 0.15) is 6.92 Å². The molecule has 0 saturated carbocycles. The van der Waals surface area contributed by atoms with Crippen molar-refractivity contribution < 1.29 is 9.90 Å². The van der Waals surface area contributed by atoms with Crippen LogP contribution >= 0.6 is 0 Å². The zero-order chi connectivity index (χ0) is 15.7. The van der Waals surface area contributed by atoms with E-state index in [0.29, 0.717) is 24.9 Å². The van der Waals surface area contributed by atoms with Crippen LogP contribution < -0.4 is 9.80 Å². The summed E-state index contributed by atoms with van der Waals surface area (Å²) in [5.74, 6) is 2.53. The first-order valence-electron chi connectivity index (χ1n) is 7.75. The highest BCUT2D eigenvalue weighted by Crippen LogP contribution is 2.28. The number of hydrogen-bond donors (Lipinski definition) is 1. The van der Waals surface area contributed by atoms with Gasteiger partial charge in [-0.1, -0.05) is 6.92 Å². The Morgan fingerprint density at radius 3 is 2.59 bits per heavy atom. The molecule has 1 aromatic heterocycles. The predicted molar refractivity (Wildman–Crippen MR) is 83.8 cm³/mol. The minimum Gasteiger partial charge on any atom is -0.396 e. The fraction of sp³-hybridized carbons (Fsp3) is 0.667. The Balaban J connectivity index is 1.75. The van der Waals surface area contributed by atoms with E-state index in [0.717, 1.165) is 31.3 Å². The Morgan fingerprint density at radius 2 is 1.95 bits per heavy atom. The smallest absolute Gasteiger partial charge is 0.241 e. The van der Waals surface area contributed by atoms with Gasteiger partial charge in [0.2, 0.25) is 5.91 Å². The van der Waals surface area contributed by atoms with Crippen molar-refractivity contribution >= 4 is 17.5 Å². The van der Waals surface area contributed by atoms with E-state index in [-0.39, 0.29) is 12.5 Å². The molecule has 0 spiro atoms. The molecule has 7 nitrogen and oxygen atoms in total. The summed E-state index contributed by atoms with van der Waals surface area (Å²) in [6.45, 7) is 5.94. The van der Waals surface area contributed by atoms with Gasteiger partial charge in [-0.2, -0.15) is 0 Å². The molecule has 1 N–H and O–H groups in total. The number of carbonyl (C=O) groups excluding carboxylic acids is 1. The standard InChI is InChI=1S/C15H23N5O2/c1-11-6-20(7-12(11)9-21)14-5-13(16-10-17-14)19-4-3-18(2)15(22)8-19/h5,10-12,21H,3-4,6-9H2,1-2H3/t11-,12+/m1/s1. The van der Waals surface area contributed by atoms with Crippen LogP contribution in [-0.4, -0.2) is 72.3 Å². The fourth-order valence-corrected chi connectivity index (χ4v) is 3.10. The van der Waals surface area contributed by atoms with E-state index in [1.54, 1.807) is 11.2 Å². The van der Waals surface area contributed by atoms with Gasteiger partial charge in [-0.15, -0.1) is 0 Å². The Kier molecular flexibility index (Phi) is 4.15. The minimum absolute atomic E-state index is 0.113. The van der Waals surface area contributed by atoms with Crippen LogP contribution in [0.25, 0.3) is 0 Å². The normalized spacial score (nSPS) is 26.0. The molecule has 2 fully saturated rings. The number of aromatic nitrogens is 2. The number of hydrogen-bond acceptors (Lipinski definition) is 6. The molecule has 0 unspecified atom stereocenters. The zero-order valence-corrected chi connectivity index (χ0v) is 13.1. The third kappa shape index (κ3) is 2.85. The molecule has 2 aliphatic heterocycles. The van der Waals surface area contributed by atoms with Crippen LogP contribution in [-0.2, 0) is 4.79 Å². The van der Waals surface area contributed by atoms with Crippen molar-refractivity contribution in [1.29, 1.82) is 0 Å². The maximum absolute atomic E-state index is 11.8. The van der Waals surface area contributed by atoms with Crippen LogP contribution in [0.4, 0.5) is 11.6 Å². The average molecular weight is 305 g/mol. The Hall–Kier alpha value is -1.89. The average Bonchev–Trinajstić information content (AvgIpc) is 2.91. The lowest BCUT2D eigenvalue weighted by Crippen LogP contribution is -2.48. The van der Waals surface area contributed by atoms with Gasteiger partial charge in [-0.05, 0) is 5.92 Å². The molecule has 3 rings (SSSR count). The van der Waals surface area contributed by atoms with Crippen molar-refractivity contribution in [1.82, 2.24) is 14.9 Å². The number of likely N-dealkylation sites (N-methyl/N-ethyl adjacent to an activating group) is 1. The highest BCUT2D eigenvalue weighted by Gasteiger charge is 2.30. The Morgan fingerprint density at radius 1 is 1.23 bits per heavy atom. The molecule has 22 heavy (non-hydrogen) atoms. The van der Waals surface area contributed by atoms with Gasteiger partial charge in [0.15, 0.2) is 0 Å². The van der Waals surface area contributed by atoms with Crippen LogP contribution in [0.5, 0.6) is 0 Å². The molecule has 2 atom stereocenters. The maximum atomic E-state index is 11.8. The summed E-state index contributed by atoms with van der Waals surface area (Å²) in [6.07, 6.45) is 1.56. The van der Waals surface area contributed by atoms with Gasteiger partial charge in [-0.25, -0.2) is 9.97 Å². The number of aliphatic hydroxyl groups is 1. The highest BCUT2D eigenvalue weighted by atomic mass is 16.3. The molecule has 0 aromatic carbocycles. The van der Waals surface area contributed by atoms with E-state index < -0.39 is 0 Å². The third-order valence-electron chi connectivity index (χ3n) is 4.75. The molecule has 0 bridgehead atoms. The molecule has 0 radical (unpaired) electrons. The van der Waals surface area contributed by atoms with Gasteiger partial charge >= 0.3 is 0 Å². The summed E-state index contributed by atoms with van der Waals surface area (Å²) in [5, 5.41) is 9.40. The second kappa shape index (κ2) is 6.08. The lowest BCUT2D eigenvalue weighted by atomic mass is 10.00. The number of aliphatic hydroxyl groups excluding tert-OH is 1. The SMILES string of the molecule is C[C@@H]1CN(c2cc(N3CCN(C)C(=O)C3)ncn2)C[C@H]1CO. The van der Waals surface area contributed by atoms with Crippen molar-refractivity contribution in [3.05, 3.63) is 12.4 Å². The van der Waals surface area contributed by atoms with Crippen molar-refractivity contribution in [3.8, 4) is 0 Å². The summed E-state index contributed by atoms with van der Waals surface area (Å²) in [7, 11) is 1.83. The molecule has 2 saturated heterocycles. The number of amides is 1. The van der Waals surface area contributed by atoms with Gasteiger partial charge in [0.1, 0.15) is 18.0 Å². The van der Waals surface area contributed by atoms with E-state index in [2.05, 4.69) is 21.8 Å². The molecular formula is C15H23N5O2.